The first kappa shape index (κ1) is 20.8. The van der Waals surface area contributed by atoms with Crippen LogP contribution in [0.1, 0.15) is 37.4 Å². The molecule has 0 saturated carbocycles. The first-order valence-electron chi connectivity index (χ1n) is 9.95. The van der Waals surface area contributed by atoms with Gasteiger partial charge in [-0.1, -0.05) is 60.1 Å². The molecule has 1 atom stereocenters. The summed E-state index contributed by atoms with van der Waals surface area (Å²) in [6, 6.07) is 18.6. The Morgan fingerprint density at radius 2 is 1.52 bits per heavy atom. The third-order valence-corrected chi connectivity index (χ3v) is 5.69. The topological polar surface area (TPSA) is 66.5 Å². The van der Waals surface area contributed by atoms with Crippen LogP contribution in [0.15, 0.2) is 66.7 Å². The number of carbonyl (C=O) groups is 3. The summed E-state index contributed by atoms with van der Waals surface area (Å²) < 4.78 is 0. The zero-order valence-electron chi connectivity index (χ0n) is 17.2. The van der Waals surface area contributed by atoms with Crippen LogP contribution in [0.25, 0.3) is 0 Å². The van der Waals surface area contributed by atoms with Crippen LogP contribution in [0.2, 0.25) is 5.02 Å². The Labute approximate surface area is 185 Å². The minimum Gasteiger partial charge on any atom is -0.323 e. The molecule has 0 spiro atoms. The van der Waals surface area contributed by atoms with Gasteiger partial charge in [-0.25, -0.2) is 0 Å². The molecular weight excluding hydrogens is 412 g/mol. The minimum absolute atomic E-state index is 0.195. The van der Waals surface area contributed by atoms with Crippen LogP contribution in [0.4, 0.5) is 5.69 Å². The SMILES string of the molecule is Cc1cc(C)c(NC(=O)[C@@H](Cc2ccccc2)N2C(=O)c3ccccc3C2=O)c(Cl)c1. The molecule has 5 nitrogen and oxygen atoms in total. The monoisotopic (exact) mass is 432 g/mol. The van der Waals surface area contributed by atoms with Crippen LogP contribution in [-0.4, -0.2) is 28.7 Å². The van der Waals surface area contributed by atoms with E-state index in [1.54, 1.807) is 30.3 Å². The average molecular weight is 433 g/mol. The van der Waals surface area contributed by atoms with Crippen LogP contribution in [0.3, 0.4) is 0 Å². The summed E-state index contributed by atoms with van der Waals surface area (Å²) in [4.78, 5) is 40.6. The first-order valence-corrected chi connectivity index (χ1v) is 10.3. The quantitative estimate of drug-likeness (QED) is 0.589. The second kappa shape index (κ2) is 8.36. The van der Waals surface area contributed by atoms with Gasteiger partial charge in [-0.3, -0.25) is 19.3 Å². The Morgan fingerprint density at radius 1 is 0.935 bits per heavy atom. The molecule has 1 aliphatic rings. The fourth-order valence-corrected chi connectivity index (χ4v) is 4.28. The number of nitrogens with zero attached hydrogens (tertiary/aromatic N) is 1. The Kier molecular flexibility index (Phi) is 5.61. The molecule has 1 heterocycles. The summed E-state index contributed by atoms with van der Waals surface area (Å²) in [5.74, 6) is -1.40. The van der Waals surface area contributed by atoms with Gasteiger partial charge in [-0.05, 0) is 48.7 Å². The van der Waals surface area contributed by atoms with Crippen LogP contribution >= 0.6 is 11.6 Å². The zero-order chi connectivity index (χ0) is 22.1. The molecular formula is C25H21ClN2O3. The molecule has 3 aromatic carbocycles. The first-order chi connectivity index (χ1) is 14.9. The van der Waals surface area contributed by atoms with Gasteiger partial charge in [0.2, 0.25) is 5.91 Å². The van der Waals surface area contributed by atoms with Crippen molar-refractivity contribution in [1.82, 2.24) is 4.90 Å². The highest BCUT2D eigenvalue weighted by Gasteiger charge is 2.42. The number of benzene rings is 3. The molecule has 0 aliphatic carbocycles. The van der Waals surface area contributed by atoms with Gasteiger partial charge in [0.15, 0.2) is 0 Å². The molecule has 6 heteroatoms. The van der Waals surface area contributed by atoms with E-state index in [-0.39, 0.29) is 6.42 Å². The van der Waals surface area contributed by atoms with Crippen LogP contribution < -0.4 is 5.32 Å². The number of imide groups is 1. The van der Waals surface area contributed by atoms with E-state index in [0.717, 1.165) is 21.6 Å². The van der Waals surface area contributed by atoms with E-state index in [0.29, 0.717) is 21.8 Å². The molecule has 3 aromatic rings. The third-order valence-electron chi connectivity index (χ3n) is 5.39. The average Bonchev–Trinajstić information content (AvgIpc) is 3.00. The van der Waals surface area contributed by atoms with Crippen molar-refractivity contribution < 1.29 is 14.4 Å². The van der Waals surface area contributed by atoms with Gasteiger partial charge in [0.05, 0.1) is 21.8 Å². The molecule has 156 valence electrons. The number of hydrogen-bond donors (Lipinski definition) is 1. The van der Waals surface area contributed by atoms with Gasteiger partial charge >= 0.3 is 0 Å². The fraction of sp³-hybridized carbons (Fsp3) is 0.160. The maximum atomic E-state index is 13.4. The lowest BCUT2D eigenvalue weighted by atomic mass is 10.0. The fourth-order valence-electron chi connectivity index (χ4n) is 3.91. The maximum Gasteiger partial charge on any atom is 0.262 e. The number of rotatable bonds is 5. The normalized spacial score (nSPS) is 13.8. The van der Waals surface area contributed by atoms with E-state index in [1.165, 1.54) is 0 Å². The number of carbonyl (C=O) groups excluding carboxylic acids is 3. The predicted molar refractivity (Wildman–Crippen MR) is 120 cm³/mol. The van der Waals surface area contributed by atoms with E-state index < -0.39 is 23.8 Å². The van der Waals surface area contributed by atoms with Crippen molar-refractivity contribution in [2.24, 2.45) is 0 Å². The molecule has 0 radical (unpaired) electrons. The van der Waals surface area contributed by atoms with Crippen molar-refractivity contribution in [3.63, 3.8) is 0 Å². The van der Waals surface area contributed by atoms with Crippen molar-refractivity contribution in [3.8, 4) is 0 Å². The van der Waals surface area contributed by atoms with E-state index in [1.807, 2.05) is 50.2 Å². The number of nitrogens with one attached hydrogen (secondary N) is 1. The molecule has 1 aliphatic heterocycles. The minimum atomic E-state index is -1.02. The smallest absolute Gasteiger partial charge is 0.262 e. The molecule has 31 heavy (non-hydrogen) atoms. The Hall–Kier alpha value is -3.44. The lowest BCUT2D eigenvalue weighted by Crippen LogP contribution is -2.48. The summed E-state index contributed by atoms with van der Waals surface area (Å²) in [5.41, 5.74) is 3.71. The number of fused-ring (bicyclic) bond motifs is 1. The molecule has 0 unspecified atom stereocenters. The number of amides is 3. The Bertz CT molecular complexity index is 1130. The van der Waals surface area contributed by atoms with E-state index in [4.69, 9.17) is 11.6 Å². The molecule has 0 bridgehead atoms. The second-order valence-corrected chi connectivity index (χ2v) is 8.07. The second-order valence-electron chi connectivity index (χ2n) is 7.66. The standard InChI is InChI=1S/C25H21ClN2O3/c1-15-12-16(2)22(20(26)13-15)27-23(29)21(14-17-8-4-3-5-9-17)28-24(30)18-10-6-7-11-19(18)25(28)31/h3-13,21H,14H2,1-2H3,(H,27,29)/t21-/m1/s1. The van der Waals surface area contributed by atoms with E-state index in [2.05, 4.69) is 5.32 Å². The summed E-state index contributed by atoms with van der Waals surface area (Å²) in [6.07, 6.45) is 0.195. The number of hydrogen-bond acceptors (Lipinski definition) is 3. The highest BCUT2D eigenvalue weighted by Crippen LogP contribution is 2.30. The van der Waals surface area contributed by atoms with Gasteiger partial charge < -0.3 is 5.32 Å². The highest BCUT2D eigenvalue weighted by molar-refractivity contribution is 6.34. The van der Waals surface area contributed by atoms with Crippen molar-refractivity contribution >= 4 is 35.0 Å². The Morgan fingerprint density at radius 3 is 2.10 bits per heavy atom. The third kappa shape index (κ3) is 3.97. The van der Waals surface area contributed by atoms with Crippen molar-refractivity contribution in [1.29, 1.82) is 0 Å². The van der Waals surface area contributed by atoms with Gasteiger partial charge in [0.25, 0.3) is 11.8 Å². The number of anilines is 1. The molecule has 1 N–H and O–H groups in total. The van der Waals surface area contributed by atoms with Crippen molar-refractivity contribution in [3.05, 3.63) is 99.6 Å². The van der Waals surface area contributed by atoms with Crippen molar-refractivity contribution in [2.75, 3.05) is 5.32 Å². The highest BCUT2D eigenvalue weighted by atomic mass is 35.5. The van der Waals surface area contributed by atoms with Crippen LogP contribution in [0.5, 0.6) is 0 Å². The van der Waals surface area contributed by atoms with Gasteiger partial charge in [0.1, 0.15) is 6.04 Å². The zero-order valence-corrected chi connectivity index (χ0v) is 17.9. The number of aryl methyl sites for hydroxylation is 2. The summed E-state index contributed by atoms with van der Waals surface area (Å²) >= 11 is 6.37. The maximum absolute atomic E-state index is 13.4. The lowest BCUT2D eigenvalue weighted by molar-refractivity contribution is -0.119. The van der Waals surface area contributed by atoms with Gasteiger partial charge in [-0.15, -0.1) is 0 Å². The van der Waals surface area contributed by atoms with E-state index in [9.17, 15) is 14.4 Å². The molecule has 0 saturated heterocycles. The summed E-state index contributed by atoms with van der Waals surface area (Å²) in [6.45, 7) is 3.77. The van der Waals surface area contributed by atoms with Gasteiger partial charge in [0, 0.05) is 6.42 Å². The largest absolute Gasteiger partial charge is 0.323 e. The van der Waals surface area contributed by atoms with Crippen LogP contribution in [0, 0.1) is 13.8 Å². The van der Waals surface area contributed by atoms with E-state index >= 15 is 0 Å². The van der Waals surface area contributed by atoms with Crippen molar-refractivity contribution in [2.45, 2.75) is 26.3 Å². The lowest BCUT2D eigenvalue weighted by Gasteiger charge is -2.26. The molecule has 0 aromatic heterocycles. The predicted octanol–water partition coefficient (Wildman–Crippen LogP) is 4.80. The summed E-state index contributed by atoms with van der Waals surface area (Å²) in [7, 11) is 0. The number of halogens is 1. The van der Waals surface area contributed by atoms with Crippen LogP contribution in [-0.2, 0) is 11.2 Å². The molecule has 3 amide bonds. The molecule has 0 fully saturated rings. The molecule has 4 rings (SSSR count). The van der Waals surface area contributed by atoms with Gasteiger partial charge in [-0.2, -0.15) is 0 Å². The Balaban J connectivity index is 1.71. The summed E-state index contributed by atoms with van der Waals surface area (Å²) in [5, 5.41) is 3.26.